The van der Waals surface area contributed by atoms with Crippen LogP contribution in [0.3, 0.4) is 0 Å². The molecule has 3 aliphatic heterocycles. The topological polar surface area (TPSA) is 33.1 Å². The van der Waals surface area contributed by atoms with E-state index in [2.05, 4.69) is 39.0 Å². The monoisotopic (exact) mass is 446 g/mol. The van der Waals surface area contributed by atoms with Gasteiger partial charge in [-0.2, -0.15) is 0 Å². The minimum Gasteiger partial charge on any atom is -0.323 e. The van der Waals surface area contributed by atoms with E-state index in [9.17, 15) is 0 Å². The van der Waals surface area contributed by atoms with Crippen LogP contribution in [-0.4, -0.2) is 39.1 Å². The number of fused-ring (bicyclic) bond motifs is 5. The van der Waals surface area contributed by atoms with Crippen molar-refractivity contribution in [2.75, 3.05) is 6.54 Å². The number of hydrogen-bond donors (Lipinski definition) is 1. The Morgan fingerprint density at radius 1 is 0.697 bits per heavy atom. The summed E-state index contributed by atoms with van der Waals surface area (Å²) in [5, 5.41) is 3.76. The molecule has 4 unspecified atom stereocenters. The van der Waals surface area contributed by atoms with E-state index in [4.69, 9.17) is 4.98 Å². The standard InChI is InChI=1S/C29H42N4/c1-2-8-21-15-20(7-1)16-24(17-21)32-22-9-5-10-23(32)19-25(18-22)33-28-13-4-3-11-26(28)31-29(33)27-12-6-14-30-27/h3-4,11,13,20-25,27,30H,1-2,5-10,12,14-19H2/t20?,21?,22?,23?,24?,25?,27-/m1/s1. The molecule has 1 aromatic heterocycles. The van der Waals surface area contributed by atoms with Gasteiger partial charge in [0.2, 0.25) is 0 Å². The van der Waals surface area contributed by atoms with E-state index in [0.717, 1.165) is 36.5 Å². The van der Waals surface area contributed by atoms with Crippen LogP contribution >= 0.6 is 0 Å². The lowest BCUT2D eigenvalue weighted by atomic mass is 9.73. The lowest BCUT2D eigenvalue weighted by Gasteiger charge is -2.54. The van der Waals surface area contributed by atoms with Crippen molar-refractivity contribution in [3.63, 3.8) is 0 Å². The molecule has 2 saturated carbocycles. The summed E-state index contributed by atoms with van der Waals surface area (Å²) in [6.45, 7) is 1.14. The molecule has 2 aromatic rings. The molecular weight excluding hydrogens is 404 g/mol. The summed E-state index contributed by atoms with van der Waals surface area (Å²) in [5.74, 6) is 3.37. The van der Waals surface area contributed by atoms with Crippen molar-refractivity contribution >= 4 is 11.0 Å². The van der Waals surface area contributed by atoms with Crippen LogP contribution < -0.4 is 5.32 Å². The van der Waals surface area contributed by atoms with Crippen molar-refractivity contribution < 1.29 is 0 Å². The van der Waals surface area contributed by atoms with E-state index in [0.29, 0.717) is 12.1 Å². The number of rotatable bonds is 3. The van der Waals surface area contributed by atoms with E-state index in [1.807, 2.05) is 0 Å². The van der Waals surface area contributed by atoms with Gasteiger partial charge in [-0.15, -0.1) is 0 Å². The zero-order valence-electron chi connectivity index (χ0n) is 20.3. The molecule has 1 N–H and O–H groups in total. The first-order chi connectivity index (χ1) is 16.3. The lowest BCUT2D eigenvalue weighted by molar-refractivity contribution is -0.0421. The van der Waals surface area contributed by atoms with Crippen LogP contribution in [0.1, 0.15) is 108 Å². The fourth-order valence-corrected chi connectivity index (χ4v) is 8.90. The van der Waals surface area contributed by atoms with Gasteiger partial charge in [-0.25, -0.2) is 4.98 Å². The summed E-state index contributed by atoms with van der Waals surface area (Å²) in [6.07, 6.45) is 20.0. The number of aromatic nitrogens is 2. The second kappa shape index (κ2) is 8.68. The maximum atomic E-state index is 5.21. The van der Waals surface area contributed by atoms with Crippen molar-refractivity contribution in [2.45, 2.75) is 120 Å². The Balaban J connectivity index is 1.19. The largest absolute Gasteiger partial charge is 0.323 e. The van der Waals surface area contributed by atoms with Crippen LogP contribution in [0.5, 0.6) is 0 Å². The number of benzene rings is 1. The third-order valence-corrected chi connectivity index (χ3v) is 10.1. The minimum atomic E-state index is 0.441. The van der Waals surface area contributed by atoms with E-state index in [1.165, 1.54) is 100 Å². The zero-order valence-corrected chi connectivity index (χ0v) is 20.3. The molecule has 5 aliphatic rings. The van der Waals surface area contributed by atoms with Crippen LogP contribution in [0.15, 0.2) is 24.3 Å². The Bertz CT molecular complexity index is 947. The Labute approximate surface area is 199 Å². The predicted molar refractivity (Wildman–Crippen MR) is 134 cm³/mol. The molecule has 3 saturated heterocycles. The van der Waals surface area contributed by atoms with Gasteiger partial charge < -0.3 is 9.88 Å². The maximum absolute atomic E-state index is 5.21. The first-order valence-electron chi connectivity index (χ1n) is 14.3. The number of piperidine rings is 2. The smallest absolute Gasteiger partial charge is 0.127 e. The molecule has 4 heteroatoms. The summed E-state index contributed by atoms with van der Waals surface area (Å²) in [5.41, 5.74) is 2.58. The van der Waals surface area contributed by atoms with Crippen LogP contribution in [0.2, 0.25) is 0 Å². The SMILES string of the molecule is c1ccc2c(c1)nc([C@H]1CCCN1)n2C1CC2CCCC(C1)N2C1CC2CCCCC(C2)C1. The third kappa shape index (κ3) is 3.76. The summed E-state index contributed by atoms with van der Waals surface area (Å²) in [7, 11) is 0. The number of nitrogens with one attached hydrogen (secondary N) is 1. The lowest BCUT2D eigenvalue weighted by Crippen LogP contribution is -2.58. The highest BCUT2D eigenvalue weighted by molar-refractivity contribution is 5.76. The zero-order chi connectivity index (χ0) is 21.8. The van der Waals surface area contributed by atoms with Gasteiger partial charge in [0.15, 0.2) is 0 Å². The van der Waals surface area contributed by atoms with E-state index >= 15 is 0 Å². The molecular formula is C29H42N4. The third-order valence-electron chi connectivity index (χ3n) is 10.1. The highest BCUT2D eigenvalue weighted by Gasteiger charge is 2.45. The second-order valence-electron chi connectivity index (χ2n) is 12.2. The van der Waals surface area contributed by atoms with Crippen molar-refractivity contribution in [1.82, 2.24) is 19.8 Å². The number of imidazole rings is 1. The van der Waals surface area contributed by atoms with Crippen LogP contribution in [0, 0.1) is 11.8 Å². The number of nitrogens with zero attached hydrogens (tertiary/aromatic N) is 3. The Kier molecular flexibility index (Phi) is 5.51. The first kappa shape index (κ1) is 20.9. The Morgan fingerprint density at radius 2 is 1.45 bits per heavy atom. The van der Waals surface area contributed by atoms with E-state index in [-0.39, 0.29) is 0 Å². The van der Waals surface area contributed by atoms with E-state index in [1.54, 1.807) is 6.42 Å². The quantitative estimate of drug-likeness (QED) is 0.594. The van der Waals surface area contributed by atoms with Crippen LogP contribution in [-0.2, 0) is 0 Å². The second-order valence-corrected chi connectivity index (χ2v) is 12.2. The fourth-order valence-electron chi connectivity index (χ4n) is 8.90. The van der Waals surface area contributed by atoms with Crippen molar-refractivity contribution in [3.05, 3.63) is 30.1 Å². The molecule has 1 aromatic carbocycles. The molecule has 33 heavy (non-hydrogen) atoms. The maximum Gasteiger partial charge on any atom is 0.127 e. The van der Waals surface area contributed by atoms with Gasteiger partial charge in [0, 0.05) is 24.2 Å². The van der Waals surface area contributed by atoms with Crippen LogP contribution in [0.25, 0.3) is 11.0 Å². The molecule has 4 heterocycles. The van der Waals surface area contributed by atoms with Gasteiger partial charge >= 0.3 is 0 Å². The van der Waals surface area contributed by atoms with Gasteiger partial charge in [0.05, 0.1) is 17.1 Å². The molecule has 0 amide bonds. The Hall–Kier alpha value is -1.39. The van der Waals surface area contributed by atoms with Gasteiger partial charge in [-0.3, -0.25) is 4.90 Å². The number of hydrogen-bond acceptors (Lipinski definition) is 3. The van der Waals surface area contributed by atoms with Crippen molar-refractivity contribution in [2.24, 2.45) is 11.8 Å². The molecule has 4 nitrogen and oxygen atoms in total. The summed E-state index contributed by atoms with van der Waals surface area (Å²) in [6, 6.07) is 12.4. The molecule has 0 spiro atoms. The van der Waals surface area contributed by atoms with Gasteiger partial charge in [-0.1, -0.05) is 44.2 Å². The molecule has 7 rings (SSSR count). The molecule has 178 valence electrons. The van der Waals surface area contributed by atoms with Crippen LogP contribution in [0.4, 0.5) is 0 Å². The minimum absolute atomic E-state index is 0.441. The molecule has 0 radical (unpaired) electrons. The van der Waals surface area contributed by atoms with Crippen molar-refractivity contribution in [1.29, 1.82) is 0 Å². The van der Waals surface area contributed by atoms with Gasteiger partial charge in [0.25, 0.3) is 0 Å². The molecule has 4 bridgehead atoms. The Morgan fingerprint density at radius 3 is 2.18 bits per heavy atom. The normalized spacial score (nSPS) is 39.6. The molecule has 5 fully saturated rings. The average Bonchev–Trinajstić information content (AvgIpc) is 3.45. The van der Waals surface area contributed by atoms with E-state index < -0.39 is 0 Å². The molecule has 2 aliphatic carbocycles. The summed E-state index contributed by atoms with van der Waals surface area (Å²) >= 11 is 0. The molecule has 5 atom stereocenters. The number of para-hydroxylation sites is 2. The highest BCUT2D eigenvalue weighted by Crippen LogP contribution is 2.47. The van der Waals surface area contributed by atoms with Gasteiger partial charge in [0.1, 0.15) is 5.82 Å². The highest BCUT2D eigenvalue weighted by atomic mass is 15.3. The average molecular weight is 447 g/mol. The van der Waals surface area contributed by atoms with Crippen molar-refractivity contribution in [3.8, 4) is 0 Å². The summed E-state index contributed by atoms with van der Waals surface area (Å²) < 4.78 is 2.71. The first-order valence-corrected chi connectivity index (χ1v) is 14.3. The fraction of sp³-hybridized carbons (Fsp3) is 0.759. The predicted octanol–water partition coefficient (Wildman–Crippen LogP) is 6.38. The van der Waals surface area contributed by atoms with Gasteiger partial charge in [-0.05, 0) is 88.3 Å². The summed E-state index contributed by atoms with van der Waals surface area (Å²) in [4.78, 5) is 8.32.